The number of nitrogens with one attached hydrogen (secondary N) is 1. The Labute approximate surface area is 210 Å². The van der Waals surface area contributed by atoms with Crippen LogP contribution in [0.25, 0.3) is 5.69 Å². The normalized spacial score (nSPS) is 14.4. The predicted molar refractivity (Wildman–Crippen MR) is 142 cm³/mol. The first-order valence-electron chi connectivity index (χ1n) is 10.7. The number of nitrogens with zero attached hydrogens (tertiary/aromatic N) is 7. The van der Waals surface area contributed by atoms with E-state index in [0.717, 1.165) is 66.6 Å². The van der Waals surface area contributed by atoms with E-state index in [2.05, 4.69) is 62.4 Å². The van der Waals surface area contributed by atoms with Crippen LogP contribution in [-0.2, 0) is 13.0 Å². The van der Waals surface area contributed by atoms with Gasteiger partial charge in [0.1, 0.15) is 5.82 Å². The molecule has 0 unspecified atom stereocenters. The maximum Gasteiger partial charge on any atom is 0.205 e. The van der Waals surface area contributed by atoms with Crippen molar-refractivity contribution in [3.05, 3.63) is 53.1 Å². The average Bonchev–Trinajstić information content (AvgIpc) is 3.40. The smallest absolute Gasteiger partial charge is 0.205 e. The van der Waals surface area contributed by atoms with Gasteiger partial charge in [0.05, 0.1) is 11.4 Å². The highest BCUT2D eigenvalue weighted by Gasteiger charge is 2.22. The first kappa shape index (κ1) is 24.4. The lowest BCUT2D eigenvalue weighted by Crippen LogP contribution is -2.52. The Morgan fingerprint density at radius 3 is 2.47 bits per heavy atom. The molecule has 32 heavy (non-hydrogen) atoms. The van der Waals surface area contributed by atoms with Crippen LogP contribution in [0.1, 0.15) is 29.7 Å². The SMILES string of the molecule is CCc1nsc(N2CCN(C(=NC)NCc3c(C)nn(-c4ccccc4)c3C)CC2)n1.I. The molecule has 1 aromatic carbocycles. The molecule has 0 aliphatic carbocycles. The molecule has 0 spiro atoms. The molecule has 0 bridgehead atoms. The third-order valence-corrected chi connectivity index (χ3v) is 6.52. The molecule has 1 fully saturated rings. The lowest BCUT2D eigenvalue weighted by Gasteiger charge is -2.36. The number of aliphatic imine (C=N–C) groups is 1. The molecule has 10 heteroatoms. The minimum atomic E-state index is 0. The summed E-state index contributed by atoms with van der Waals surface area (Å²) in [6, 6.07) is 10.3. The van der Waals surface area contributed by atoms with Crippen molar-refractivity contribution in [2.75, 3.05) is 38.1 Å². The highest BCUT2D eigenvalue weighted by Crippen LogP contribution is 2.20. The van der Waals surface area contributed by atoms with Crippen LogP contribution >= 0.6 is 35.5 Å². The van der Waals surface area contributed by atoms with Gasteiger partial charge in [-0.3, -0.25) is 4.99 Å². The van der Waals surface area contributed by atoms with Gasteiger partial charge in [-0.25, -0.2) is 9.67 Å². The van der Waals surface area contributed by atoms with Gasteiger partial charge in [-0.05, 0) is 26.0 Å². The summed E-state index contributed by atoms with van der Waals surface area (Å²) in [6.07, 6.45) is 0.882. The Balaban J connectivity index is 0.00000289. The van der Waals surface area contributed by atoms with Crippen LogP contribution in [0.3, 0.4) is 0 Å². The lowest BCUT2D eigenvalue weighted by atomic mass is 10.2. The van der Waals surface area contributed by atoms with Crippen LogP contribution < -0.4 is 10.2 Å². The fraction of sp³-hybridized carbons (Fsp3) is 0.455. The van der Waals surface area contributed by atoms with E-state index in [1.165, 1.54) is 17.1 Å². The molecule has 172 valence electrons. The zero-order chi connectivity index (χ0) is 21.8. The maximum absolute atomic E-state index is 4.75. The summed E-state index contributed by atoms with van der Waals surface area (Å²) in [4.78, 5) is 13.8. The third-order valence-electron chi connectivity index (χ3n) is 5.70. The number of benzene rings is 1. The number of guanidine groups is 1. The highest BCUT2D eigenvalue weighted by molar-refractivity contribution is 14.0. The summed E-state index contributed by atoms with van der Waals surface area (Å²) < 4.78 is 6.43. The fourth-order valence-corrected chi connectivity index (χ4v) is 4.68. The van der Waals surface area contributed by atoms with E-state index in [4.69, 9.17) is 5.10 Å². The second kappa shape index (κ2) is 11.1. The lowest BCUT2D eigenvalue weighted by molar-refractivity contribution is 0.372. The number of para-hydroxylation sites is 1. The summed E-state index contributed by atoms with van der Waals surface area (Å²) in [6.45, 7) is 10.6. The first-order valence-corrected chi connectivity index (χ1v) is 11.5. The molecule has 0 atom stereocenters. The zero-order valence-electron chi connectivity index (χ0n) is 19.1. The molecule has 3 aromatic rings. The molecule has 1 N–H and O–H groups in total. The Kier molecular flexibility index (Phi) is 8.46. The molecule has 1 saturated heterocycles. The number of hydrogen-bond donors (Lipinski definition) is 1. The van der Waals surface area contributed by atoms with Crippen molar-refractivity contribution >= 4 is 46.6 Å². The number of aryl methyl sites for hydroxylation is 2. The molecule has 2 aromatic heterocycles. The zero-order valence-corrected chi connectivity index (χ0v) is 22.2. The average molecular weight is 567 g/mol. The minimum absolute atomic E-state index is 0. The van der Waals surface area contributed by atoms with E-state index >= 15 is 0 Å². The Morgan fingerprint density at radius 2 is 1.84 bits per heavy atom. The highest BCUT2D eigenvalue weighted by atomic mass is 127. The molecule has 0 radical (unpaired) electrons. The summed E-state index contributed by atoms with van der Waals surface area (Å²) in [5, 5.41) is 9.33. The molecule has 8 nitrogen and oxygen atoms in total. The van der Waals surface area contributed by atoms with E-state index in [1.807, 2.05) is 29.9 Å². The predicted octanol–water partition coefficient (Wildman–Crippen LogP) is 3.42. The van der Waals surface area contributed by atoms with E-state index < -0.39 is 0 Å². The largest absolute Gasteiger partial charge is 0.352 e. The first-order chi connectivity index (χ1) is 15.1. The van der Waals surface area contributed by atoms with Crippen molar-refractivity contribution in [1.29, 1.82) is 0 Å². The second-order valence-corrected chi connectivity index (χ2v) is 8.35. The topological polar surface area (TPSA) is 74.5 Å². The van der Waals surface area contributed by atoms with Gasteiger partial charge < -0.3 is 15.1 Å². The number of hydrogen-bond acceptors (Lipinski definition) is 6. The van der Waals surface area contributed by atoms with E-state index in [-0.39, 0.29) is 24.0 Å². The molecular formula is C22H31IN8S. The second-order valence-electron chi connectivity index (χ2n) is 7.62. The number of aromatic nitrogens is 4. The van der Waals surface area contributed by atoms with Crippen molar-refractivity contribution in [2.24, 2.45) is 4.99 Å². The molecule has 1 aliphatic rings. The van der Waals surface area contributed by atoms with Crippen LogP contribution in [-0.4, -0.2) is 63.2 Å². The van der Waals surface area contributed by atoms with Crippen molar-refractivity contribution in [3.8, 4) is 5.69 Å². The summed E-state index contributed by atoms with van der Waals surface area (Å²) in [7, 11) is 1.85. The van der Waals surface area contributed by atoms with Gasteiger partial charge in [0.25, 0.3) is 0 Å². The number of halogens is 1. The summed E-state index contributed by atoms with van der Waals surface area (Å²) in [5.41, 5.74) is 4.49. The van der Waals surface area contributed by atoms with Crippen molar-refractivity contribution in [1.82, 2.24) is 29.4 Å². The molecular weight excluding hydrogens is 535 g/mol. The Hall–Kier alpha value is -2.21. The standard InChI is InChI=1S/C22H30N8S.HI/c1-5-20-25-22(31-27-20)29-13-11-28(12-14-29)21(23-4)24-15-19-16(2)26-30(17(19)3)18-9-7-6-8-10-18;/h6-10H,5,11-15H2,1-4H3,(H,23,24);1H. The monoisotopic (exact) mass is 566 g/mol. The van der Waals surface area contributed by atoms with Crippen LogP contribution in [0.5, 0.6) is 0 Å². The van der Waals surface area contributed by atoms with Gasteiger partial charge in [0.2, 0.25) is 5.13 Å². The minimum Gasteiger partial charge on any atom is -0.352 e. The van der Waals surface area contributed by atoms with Gasteiger partial charge in [-0.15, -0.1) is 24.0 Å². The van der Waals surface area contributed by atoms with Gasteiger partial charge >= 0.3 is 0 Å². The molecule has 4 rings (SSSR count). The number of piperazine rings is 1. The van der Waals surface area contributed by atoms with Crippen molar-refractivity contribution in [2.45, 2.75) is 33.7 Å². The summed E-state index contributed by atoms with van der Waals surface area (Å²) >= 11 is 1.50. The molecule has 0 amide bonds. The van der Waals surface area contributed by atoms with Crippen LogP contribution in [0, 0.1) is 13.8 Å². The van der Waals surface area contributed by atoms with E-state index in [9.17, 15) is 0 Å². The fourth-order valence-electron chi connectivity index (χ4n) is 3.88. The van der Waals surface area contributed by atoms with Crippen molar-refractivity contribution in [3.63, 3.8) is 0 Å². The van der Waals surface area contributed by atoms with Gasteiger partial charge in [0.15, 0.2) is 5.96 Å². The Bertz CT molecular complexity index is 1040. The van der Waals surface area contributed by atoms with E-state index in [1.54, 1.807) is 0 Å². The molecule has 0 saturated carbocycles. The van der Waals surface area contributed by atoms with Crippen LogP contribution in [0.2, 0.25) is 0 Å². The maximum atomic E-state index is 4.75. The number of anilines is 1. The Morgan fingerprint density at radius 1 is 1.12 bits per heavy atom. The van der Waals surface area contributed by atoms with Crippen LogP contribution in [0.4, 0.5) is 5.13 Å². The van der Waals surface area contributed by atoms with Crippen LogP contribution in [0.15, 0.2) is 35.3 Å². The third kappa shape index (κ3) is 5.22. The van der Waals surface area contributed by atoms with E-state index in [0.29, 0.717) is 6.54 Å². The van der Waals surface area contributed by atoms with Crippen molar-refractivity contribution < 1.29 is 0 Å². The molecule has 1 aliphatic heterocycles. The summed E-state index contributed by atoms with van der Waals surface area (Å²) in [5.74, 6) is 1.86. The van der Waals surface area contributed by atoms with Gasteiger partial charge in [-0.2, -0.15) is 9.47 Å². The molecule has 3 heterocycles. The number of rotatable bonds is 5. The quantitative estimate of drug-likeness (QED) is 0.290. The van der Waals surface area contributed by atoms with Gasteiger partial charge in [-0.1, -0.05) is 25.1 Å². The van der Waals surface area contributed by atoms with Gasteiger partial charge in [0, 0.05) is 69.0 Å².